The van der Waals surface area contributed by atoms with E-state index < -0.39 is 0 Å². The summed E-state index contributed by atoms with van der Waals surface area (Å²) >= 11 is 6.20. The third-order valence-electron chi connectivity index (χ3n) is 5.00. The van der Waals surface area contributed by atoms with E-state index in [9.17, 15) is 9.90 Å². The molecule has 29 heavy (non-hydrogen) atoms. The summed E-state index contributed by atoms with van der Waals surface area (Å²) in [4.78, 5) is 18.6. The Morgan fingerprint density at radius 1 is 1.17 bits per heavy atom. The number of aromatic nitrogens is 2. The van der Waals surface area contributed by atoms with Gasteiger partial charge in [0.25, 0.3) is 5.91 Å². The van der Waals surface area contributed by atoms with Gasteiger partial charge in [-0.05, 0) is 37.0 Å². The van der Waals surface area contributed by atoms with E-state index in [1.807, 2.05) is 48.9 Å². The lowest BCUT2D eigenvalue weighted by atomic mass is 9.95. The summed E-state index contributed by atoms with van der Waals surface area (Å²) in [5.74, 6) is -0.365. The summed E-state index contributed by atoms with van der Waals surface area (Å²) in [7, 11) is 0. The van der Waals surface area contributed by atoms with E-state index in [0.29, 0.717) is 11.6 Å². The molecule has 1 aliphatic heterocycles. The largest absolute Gasteiger partial charge is 0.503 e. The van der Waals surface area contributed by atoms with Gasteiger partial charge in [-0.25, -0.2) is 4.98 Å². The van der Waals surface area contributed by atoms with E-state index in [4.69, 9.17) is 11.6 Å². The third-order valence-corrected chi connectivity index (χ3v) is 5.23. The fourth-order valence-electron chi connectivity index (χ4n) is 3.66. The molecular formula is C23H32ClN3O2. The maximum Gasteiger partial charge on any atom is 0.289 e. The molecule has 1 atom stereocenters. The van der Waals surface area contributed by atoms with Crippen molar-refractivity contribution in [3.05, 3.63) is 64.9 Å². The van der Waals surface area contributed by atoms with Gasteiger partial charge < -0.3 is 14.6 Å². The molecule has 0 radical (unpaired) electrons. The van der Waals surface area contributed by atoms with Gasteiger partial charge in [-0.2, -0.15) is 0 Å². The molecule has 0 saturated heterocycles. The smallest absolute Gasteiger partial charge is 0.289 e. The van der Waals surface area contributed by atoms with Crippen molar-refractivity contribution in [3.8, 4) is 0 Å². The number of carbonyl (C=O) groups excluding carboxylic acids is 1. The molecule has 3 rings (SSSR count). The molecule has 1 aliphatic rings. The fourth-order valence-corrected chi connectivity index (χ4v) is 3.86. The number of halogens is 1. The van der Waals surface area contributed by atoms with Crippen LogP contribution in [0.5, 0.6) is 0 Å². The second-order valence-corrected chi connectivity index (χ2v) is 7.38. The van der Waals surface area contributed by atoms with Crippen LogP contribution in [0.15, 0.2) is 54.3 Å². The van der Waals surface area contributed by atoms with Gasteiger partial charge >= 0.3 is 0 Å². The van der Waals surface area contributed by atoms with Gasteiger partial charge in [0, 0.05) is 36.1 Å². The molecule has 2 heterocycles. The van der Waals surface area contributed by atoms with Crippen LogP contribution >= 0.6 is 11.6 Å². The number of aryl methyl sites for hydroxylation is 1. The molecular weight excluding hydrogens is 386 g/mol. The molecule has 0 aliphatic carbocycles. The van der Waals surface area contributed by atoms with Crippen molar-refractivity contribution in [1.29, 1.82) is 0 Å². The molecule has 1 amide bonds. The number of rotatable bonds is 9. The molecule has 1 N–H and O–H groups in total. The van der Waals surface area contributed by atoms with E-state index in [1.54, 1.807) is 17.4 Å². The number of hydrogen-bond acceptors (Lipinski definition) is 3. The zero-order valence-corrected chi connectivity index (χ0v) is 18.4. The Labute approximate surface area is 179 Å². The lowest BCUT2D eigenvalue weighted by Gasteiger charge is -2.27. The van der Waals surface area contributed by atoms with Crippen molar-refractivity contribution < 1.29 is 9.90 Å². The van der Waals surface area contributed by atoms with Gasteiger partial charge in [-0.15, -0.1) is 0 Å². The number of unbranched alkanes of at least 4 members (excludes halogenated alkanes) is 2. The predicted octanol–water partition coefficient (Wildman–Crippen LogP) is 5.93. The standard InChI is InChI=1S/C21H26ClN3O2.C2H6/c1-2-3-4-9-18-19(16-7-5-8-17(22)14-16)25(21(27)20(18)26)12-6-11-24-13-10-23-15-24;1-2/h5,7-8,10,13-15,19,26H,2-4,6,9,11-12H2,1H3;1-2H3. The van der Waals surface area contributed by atoms with E-state index >= 15 is 0 Å². The first-order valence-corrected chi connectivity index (χ1v) is 10.9. The normalized spacial score (nSPS) is 16.2. The Kier molecular flexibility index (Phi) is 9.26. The molecule has 5 nitrogen and oxygen atoms in total. The molecule has 1 aromatic carbocycles. The lowest BCUT2D eigenvalue weighted by molar-refractivity contribution is -0.129. The SMILES string of the molecule is CC.CCCCCC1=C(O)C(=O)N(CCCn2ccnc2)C1c1cccc(Cl)c1. The summed E-state index contributed by atoms with van der Waals surface area (Å²) in [5.41, 5.74) is 1.77. The molecule has 158 valence electrons. The van der Waals surface area contributed by atoms with Crippen LogP contribution in [0, 0.1) is 0 Å². The van der Waals surface area contributed by atoms with Gasteiger partial charge in [0.15, 0.2) is 5.76 Å². The van der Waals surface area contributed by atoms with Crippen LogP contribution in [0.2, 0.25) is 5.02 Å². The van der Waals surface area contributed by atoms with Crippen molar-refractivity contribution in [2.45, 2.75) is 65.5 Å². The fraction of sp³-hybridized carbons (Fsp3) is 0.478. The highest BCUT2D eigenvalue weighted by molar-refractivity contribution is 6.30. The Morgan fingerprint density at radius 3 is 2.62 bits per heavy atom. The van der Waals surface area contributed by atoms with Crippen LogP contribution in [-0.4, -0.2) is 32.0 Å². The van der Waals surface area contributed by atoms with E-state index in [2.05, 4.69) is 11.9 Å². The third kappa shape index (κ3) is 5.86. The van der Waals surface area contributed by atoms with Gasteiger partial charge in [0.05, 0.1) is 12.4 Å². The molecule has 0 saturated carbocycles. The monoisotopic (exact) mass is 417 g/mol. The maximum absolute atomic E-state index is 12.8. The van der Waals surface area contributed by atoms with Crippen molar-refractivity contribution in [3.63, 3.8) is 0 Å². The summed E-state index contributed by atoms with van der Waals surface area (Å²) in [5, 5.41) is 11.2. The molecule has 1 aromatic heterocycles. The van der Waals surface area contributed by atoms with Crippen molar-refractivity contribution in [1.82, 2.24) is 14.5 Å². The van der Waals surface area contributed by atoms with E-state index in [1.165, 1.54) is 0 Å². The summed E-state index contributed by atoms with van der Waals surface area (Å²) in [6.45, 7) is 7.48. The highest BCUT2D eigenvalue weighted by Crippen LogP contribution is 2.40. The average Bonchev–Trinajstić information content (AvgIpc) is 3.33. The zero-order chi connectivity index (χ0) is 21.2. The summed E-state index contributed by atoms with van der Waals surface area (Å²) in [6, 6.07) is 7.35. The Bertz CT molecular complexity index is 802. The molecule has 6 heteroatoms. The second kappa shape index (κ2) is 11.7. The number of carbonyl (C=O) groups is 1. The van der Waals surface area contributed by atoms with Crippen molar-refractivity contribution >= 4 is 17.5 Å². The predicted molar refractivity (Wildman–Crippen MR) is 118 cm³/mol. The zero-order valence-electron chi connectivity index (χ0n) is 17.6. The van der Waals surface area contributed by atoms with Gasteiger partial charge in [0.1, 0.15) is 0 Å². The molecule has 0 spiro atoms. The minimum atomic E-state index is -0.280. The van der Waals surface area contributed by atoms with Gasteiger partial charge in [-0.3, -0.25) is 4.79 Å². The van der Waals surface area contributed by atoms with Crippen molar-refractivity contribution in [2.75, 3.05) is 6.54 Å². The number of hydrogen-bond donors (Lipinski definition) is 1. The topological polar surface area (TPSA) is 58.4 Å². The Balaban J connectivity index is 0.00000145. The number of aliphatic hydroxyl groups is 1. The first-order chi connectivity index (χ1) is 14.1. The minimum absolute atomic E-state index is 0.0845. The van der Waals surface area contributed by atoms with E-state index in [0.717, 1.165) is 49.8 Å². The van der Waals surface area contributed by atoms with Crippen LogP contribution in [-0.2, 0) is 11.3 Å². The van der Waals surface area contributed by atoms with Crippen LogP contribution in [0.3, 0.4) is 0 Å². The van der Waals surface area contributed by atoms with Crippen LogP contribution in [0.4, 0.5) is 0 Å². The highest BCUT2D eigenvalue weighted by Gasteiger charge is 2.39. The first kappa shape index (κ1) is 23.0. The number of nitrogens with zero attached hydrogens (tertiary/aromatic N) is 3. The quantitative estimate of drug-likeness (QED) is 0.514. The van der Waals surface area contributed by atoms with E-state index in [-0.39, 0.29) is 17.7 Å². The lowest BCUT2D eigenvalue weighted by Crippen LogP contribution is -2.32. The summed E-state index contributed by atoms with van der Waals surface area (Å²) < 4.78 is 1.99. The second-order valence-electron chi connectivity index (χ2n) is 6.94. The van der Waals surface area contributed by atoms with Crippen LogP contribution in [0.25, 0.3) is 0 Å². The Morgan fingerprint density at radius 2 is 1.97 bits per heavy atom. The van der Waals surface area contributed by atoms with Crippen LogP contribution in [0.1, 0.15) is 64.5 Å². The molecule has 0 fully saturated rings. The Hall–Kier alpha value is -2.27. The maximum atomic E-state index is 12.8. The first-order valence-electron chi connectivity index (χ1n) is 10.6. The number of imidazole rings is 1. The molecule has 1 unspecified atom stereocenters. The van der Waals surface area contributed by atoms with Crippen LogP contribution < -0.4 is 0 Å². The molecule has 2 aromatic rings. The average molecular weight is 418 g/mol. The minimum Gasteiger partial charge on any atom is -0.503 e. The number of benzene rings is 1. The van der Waals surface area contributed by atoms with Gasteiger partial charge in [-0.1, -0.05) is 57.3 Å². The number of aliphatic hydroxyl groups excluding tert-OH is 1. The highest BCUT2D eigenvalue weighted by atomic mass is 35.5. The summed E-state index contributed by atoms with van der Waals surface area (Å²) in [6.07, 6.45) is 10.1. The number of amides is 1. The van der Waals surface area contributed by atoms with Gasteiger partial charge in [0.2, 0.25) is 0 Å². The molecule has 0 bridgehead atoms. The van der Waals surface area contributed by atoms with Crippen molar-refractivity contribution in [2.24, 2.45) is 0 Å².